The third kappa shape index (κ3) is 4.31. The lowest BCUT2D eigenvalue weighted by Gasteiger charge is -2.03. The van der Waals surface area contributed by atoms with Crippen LogP contribution in [-0.4, -0.2) is 5.16 Å². The molecule has 0 saturated carbocycles. The molecule has 0 bridgehead atoms. The van der Waals surface area contributed by atoms with Crippen LogP contribution >= 0.6 is 0 Å². The normalized spacial score (nSPS) is 11.0. The molecule has 114 valence electrons. The lowest BCUT2D eigenvalue weighted by Crippen LogP contribution is -1.92. The molecule has 0 atom stereocenters. The largest absolute Gasteiger partial charge is 0.367 e. The van der Waals surface area contributed by atoms with E-state index in [1.807, 2.05) is 6.07 Å². The zero-order valence-electron chi connectivity index (χ0n) is 12.6. The van der Waals surface area contributed by atoms with Crippen molar-refractivity contribution in [1.29, 1.82) is 0 Å². The third-order valence-electron chi connectivity index (χ3n) is 3.67. The summed E-state index contributed by atoms with van der Waals surface area (Å²) in [5, 5.41) is 4.03. The Labute approximate surface area is 125 Å². The number of nitrogens with zero attached hydrogens (tertiary/aromatic N) is 1. The first kappa shape index (κ1) is 15.5. The van der Waals surface area contributed by atoms with Gasteiger partial charge in [-0.25, -0.2) is 4.39 Å². The number of aromatic nitrogens is 1. The molecule has 0 aliphatic carbocycles. The van der Waals surface area contributed by atoms with Crippen LogP contribution in [0.25, 0.3) is 11.1 Å². The number of hydrogen-bond donors (Lipinski definition) is 1. The topological polar surface area (TPSA) is 52.0 Å². The predicted octanol–water partition coefficient (Wildman–Crippen LogP) is 4.97. The standard InChI is InChI=1S/C17H23FN2O/c1-2-3-4-5-6-7-11-15-16(17(19)21-20-15)13-9-8-10-14(18)12-13/h8-10,12H,2-7,11,19H2,1H3. The molecule has 0 aliphatic rings. The number of unbranched alkanes of at least 4 members (excludes halogenated alkanes) is 5. The molecule has 1 aromatic heterocycles. The molecule has 2 N–H and O–H groups in total. The van der Waals surface area contributed by atoms with Crippen LogP contribution < -0.4 is 5.73 Å². The molecular weight excluding hydrogens is 267 g/mol. The van der Waals surface area contributed by atoms with Gasteiger partial charge in [-0.3, -0.25) is 0 Å². The van der Waals surface area contributed by atoms with E-state index < -0.39 is 0 Å². The fourth-order valence-corrected chi connectivity index (χ4v) is 2.53. The summed E-state index contributed by atoms with van der Waals surface area (Å²) in [6.07, 6.45) is 8.13. The Morgan fingerprint density at radius 3 is 2.67 bits per heavy atom. The van der Waals surface area contributed by atoms with Crippen LogP contribution in [-0.2, 0) is 6.42 Å². The summed E-state index contributed by atoms with van der Waals surface area (Å²) in [6.45, 7) is 2.21. The van der Waals surface area contributed by atoms with Gasteiger partial charge in [-0.15, -0.1) is 0 Å². The minimum atomic E-state index is -0.279. The smallest absolute Gasteiger partial charge is 0.230 e. The van der Waals surface area contributed by atoms with E-state index >= 15 is 0 Å². The second kappa shape index (κ2) is 7.81. The van der Waals surface area contributed by atoms with Crippen molar-refractivity contribution in [2.45, 2.75) is 51.9 Å². The van der Waals surface area contributed by atoms with Crippen LogP contribution in [0.3, 0.4) is 0 Å². The highest BCUT2D eigenvalue weighted by Crippen LogP contribution is 2.31. The molecule has 4 heteroatoms. The van der Waals surface area contributed by atoms with Crippen molar-refractivity contribution >= 4 is 5.88 Å². The van der Waals surface area contributed by atoms with Gasteiger partial charge >= 0.3 is 0 Å². The second-order valence-corrected chi connectivity index (χ2v) is 5.40. The van der Waals surface area contributed by atoms with Crippen molar-refractivity contribution in [1.82, 2.24) is 5.16 Å². The summed E-state index contributed by atoms with van der Waals surface area (Å²) in [7, 11) is 0. The molecule has 0 radical (unpaired) electrons. The van der Waals surface area contributed by atoms with Crippen molar-refractivity contribution < 1.29 is 8.91 Å². The molecule has 0 amide bonds. The molecule has 21 heavy (non-hydrogen) atoms. The molecule has 1 aromatic carbocycles. The van der Waals surface area contributed by atoms with E-state index in [2.05, 4.69) is 12.1 Å². The summed E-state index contributed by atoms with van der Waals surface area (Å²) in [4.78, 5) is 0. The fraction of sp³-hybridized carbons (Fsp3) is 0.471. The van der Waals surface area contributed by atoms with Gasteiger partial charge in [0, 0.05) is 0 Å². The number of benzene rings is 1. The van der Waals surface area contributed by atoms with Crippen molar-refractivity contribution in [3.63, 3.8) is 0 Å². The lowest BCUT2D eigenvalue weighted by molar-refractivity contribution is 0.425. The van der Waals surface area contributed by atoms with Gasteiger partial charge in [0.25, 0.3) is 0 Å². The quantitative estimate of drug-likeness (QED) is 0.699. The van der Waals surface area contributed by atoms with Gasteiger partial charge < -0.3 is 10.3 Å². The van der Waals surface area contributed by atoms with Crippen molar-refractivity contribution in [3.05, 3.63) is 35.8 Å². The Morgan fingerprint density at radius 1 is 1.14 bits per heavy atom. The maximum atomic E-state index is 13.4. The minimum absolute atomic E-state index is 0.265. The van der Waals surface area contributed by atoms with E-state index in [0.717, 1.165) is 29.7 Å². The average molecular weight is 290 g/mol. The Balaban J connectivity index is 1.98. The first-order valence-corrected chi connectivity index (χ1v) is 7.72. The molecule has 2 aromatic rings. The van der Waals surface area contributed by atoms with Crippen LogP contribution in [0.1, 0.15) is 51.1 Å². The number of halogens is 1. The van der Waals surface area contributed by atoms with Crippen molar-refractivity contribution in [3.8, 4) is 11.1 Å². The van der Waals surface area contributed by atoms with Gasteiger partial charge in [-0.1, -0.05) is 56.3 Å². The van der Waals surface area contributed by atoms with Gasteiger partial charge in [-0.2, -0.15) is 0 Å². The van der Waals surface area contributed by atoms with E-state index in [1.165, 1.54) is 44.2 Å². The molecule has 0 unspecified atom stereocenters. The second-order valence-electron chi connectivity index (χ2n) is 5.40. The zero-order valence-corrected chi connectivity index (χ0v) is 12.6. The van der Waals surface area contributed by atoms with E-state index in [0.29, 0.717) is 0 Å². The number of rotatable bonds is 8. The van der Waals surface area contributed by atoms with Crippen molar-refractivity contribution in [2.75, 3.05) is 5.73 Å². The summed E-state index contributed by atoms with van der Waals surface area (Å²) in [5.74, 6) is -0.0137. The van der Waals surface area contributed by atoms with E-state index in [9.17, 15) is 4.39 Å². The summed E-state index contributed by atoms with van der Waals surface area (Å²) in [5.41, 5.74) is 8.14. The monoisotopic (exact) mass is 290 g/mol. The zero-order chi connectivity index (χ0) is 15.1. The number of aryl methyl sites for hydroxylation is 1. The summed E-state index contributed by atoms with van der Waals surface area (Å²) < 4.78 is 18.4. The van der Waals surface area contributed by atoms with Gasteiger partial charge in [-0.05, 0) is 30.5 Å². The SMILES string of the molecule is CCCCCCCCc1noc(N)c1-c1cccc(F)c1. The Hall–Kier alpha value is -1.84. The highest BCUT2D eigenvalue weighted by Gasteiger charge is 2.15. The molecule has 2 rings (SSSR count). The molecule has 0 aliphatic heterocycles. The highest BCUT2D eigenvalue weighted by atomic mass is 19.1. The van der Waals surface area contributed by atoms with Gasteiger partial charge in [0.1, 0.15) is 5.82 Å². The van der Waals surface area contributed by atoms with E-state index in [-0.39, 0.29) is 11.7 Å². The van der Waals surface area contributed by atoms with Crippen LogP contribution in [0.15, 0.2) is 28.8 Å². The molecule has 0 spiro atoms. The first-order valence-electron chi connectivity index (χ1n) is 7.72. The maximum Gasteiger partial charge on any atom is 0.230 e. The predicted molar refractivity (Wildman–Crippen MR) is 83.4 cm³/mol. The summed E-state index contributed by atoms with van der Waals surface area (Å²) >= 11 is 0. The molecule has 0 saturated heterocycles. The lowest BCUT2D eigenvalue weighted by atomic mass is 10.0. The average Bonchev–Trinajstić information content (AvgIpc) is 2.84. The Kier molecular flexibility index (Phi) is 5.78. The van der Waals surface area contributed by atoms with Gasteiger partial charge in [0.15, 0.2) is 0 Å². The van der Waals surface area contributed by atoms with E-state index in [4.69, 9.17) is 10.3 Å². The van der Waals surface area contributed by atoms with Crippen LogP contribution in [0.5, 0.6) is 0 Å². The number of nitrogens with two attached hydrogens (primary N) is 1. The van der Waals surface area contributed by atoms with E-state index in [1.54, 1.807) is 6.07 Å². The highest BCUT2D eigenvalue weighted by molar-refractivity contribution is 5.74. The van der Waals surface area contributed by atoms with Gasteiger partial charge in [0.2, 0.25) is 5.88 Å². The third-order valence-corrected chi connectivity index (χ3v) is 3.67. The molecular formula is C17H23FN2O. The molecule has 0 fully saturated rings. The van der Waals surface area contributed by atoms with Crippen molar-refractivity contribution in [2.24, 2.45) is 0 Å². The number of nitrogen functional groups attached to an aromatic ring is 1. The Morgan fingerprint density at radius 2 is 1.90 bits per heavy atom. The maximum absolute atomic E-state index is 13.4. The summed E-state index contributed by atoms with van der Waals surface area (Å²) in [6, 6.07) is 6.39. The number of hydrogen-bond acceptors (Lipinski definition) is 3. The minimum Gasteiger partial charge on any atom is -0.367 e. The first-order chi connectivity index (χ1) is 10.2. The molecule has 1 heterocycles. The fourth-order valence-electron chi connectivity index (χ4n) is 2.53. The van der Waals surface area contributed by atoms with Crippen LogP contribution in [0.4, 0.5) is 10.3 Å². The number of anilines is 1. The van der Waals surface area contributed by atoms with Crippen LogP contribution in [0, 0.1) is 5.82 Å². The van der Waals surface area contributed by atoms with Gasteiger partial charge in [0.05, 0.1) is 11.3 Å². The Bertz CT molecular complexity index is 566. The van der Waals surface area contributed by atoms with Crippen LogP contribution in [0.2, 0.25) is 0 Å². The molecule has 3 nitrogen and oxygen atoms in total.